The first kappa shape index (κ1) is 21.8. The Morgan fingerprint density at radius 1 is 0.970 bits per heavy atom. The van der Waals surface area contributed by atoms with E-state index in [4.69, 9.17) is 0 Å². The van der Waals surface area contributed by atoms with Crippen molar-refractivity contribution in [1.82, 2.24) is 9.29 Å². The molecule has 0 spiro atoms. The lowest BCUT2D eigenvalue weighted by molar-refractivity contribution is -0.115. The lowest BCUT2D eigenvalue weighted by Crippen LogP contribution is -2.27. The number of thiazole rings is 1. The summed E-state index contributed by atoms with van der Waals surface area (Å²) < 4.78 is 26.9. The molecule has 1 aliphatic heterocycles. The minimum Gasteiger partial charge on any atom is -0.302 e. The fourth-order valence-corrected chi connectivity index (χ4v) is 6.37. The van der Waals surface area contributed by atoms with Crippen molar-refractivity contribution in [1.29, 1.82) is 0 Å². The van der Waals surface area contributed by atoms with Gasteiger partial charge < -0.3 is 5.32 Å². The molecule has 1 amide bonds. The molecular formula is C25H23N3O3S2. The van der Waals surface area contributed by atoms with Crippen LogP contribution in [-0.2, 0) is 21.2 Å². The van der Waals surface area contributed by atoms with E-state index in [2.05, 4.69) is 10.3 Å². The van der Waals surface area contributed by atoms with Crippen LogP contribution in [0.4, 0.5) is 5.13 Å². The van der Waals surface area contributed by atoms with Gasteiger partial charge in [-0.05, 0) is 41.3 Å². The molecular weight excluding hydrogens is 454 g/mol. The van der Waals surface area contributed by atoms with Crippen LogP contribution in [0.5, 0.6) is 0 Å². The van der Waals surface area contributed by atoms with Crippen molar-refractivity contribution >= 4 is 43.2 Å². The lowest BCUT2D eigenvalue weighted by Gasteiger charge is -2.15. The molecule has 33 heavy (non-hydrogen) atoms. The number of aromatic nitrogens is 1. The van der Waals surface area contributed by atoms with Crippen molar-refractivity contribution in [3.8, 4) is 11.3 Å². The van der Waals surface area contributed by atoms with Crippen LogP contribution >= 0.6 is 11.3 Å². The van der Waals surface area contributed by atoms with E-state index in [9.17, 15) is 13.2 Å². The third-order valence-electron chi connectivity index (χ3n) is 5.83. The quantitative estimate of drug-likeness (QED) is 0.427. The average molecular weight is 478 g/mol. The van der Waals surface area contributed by atoms with Gasteiger partial charge in [0.15, 0.2) is 5.13 Å². The molecule has 5 rings (SSSR count). The Labute approximate surface area is 197 Å². The van der Waals surface area contributed by atoms with Crippen LogP contribution in [0.25, 0.3) is 22.0 Å². The highest BCUT2D eigenvalue weighted by Crippen LogP contribution is 2.28. The van der Waals surface area contributed by atoms with Crippen molar-refractivity contribution in [2.75, 3.05) is 18.4 Å². The highest BCUT2D eigenvalue weighted by molar-refractivity contribution is 7.89. The Kier molecular flexibility index (Phi) is 5.97. The molecule has 0 bridgehead atoms. The molecule has 1 fully saturated rings. The fourth-order valence-electron chi connectivity index (χ4n) is 4.12. The van der Waals surface area contributed by atoms with E-state index in [1.807, 2.05) is 47.8 Å². The molecule has 0 radical (unpaired) electrons. The number of carbonyl (C=O) groups is 1. The van der Waals surface area contributed by atoms with E-state index in [-0.39, 0.29) is 12.3 Å². The minimum absolute atomic E-state index is 0.126. The van der Waals surface area contributed by atoms with Crippen LogP contribution in [0.1, 0.15) is 18.4 Å². The Morgan fingerprint density at radius 3 is 2.48 bits per heavy atom. The Morgan fingerprint density at radius 2 is 1.70 bits per heavy atom. The number of nitrogens with zero attached hydrogens (tertiary/aromatic N) is 2. The van der Waals surface area contributed by atoms with Crippen LogP contribution in [0.15, 0.2) is 77.0 Å². The Balaban J connectivity index is 1.28. The van der Waals surface area contributed by atoms with Gasteiger partial charge in [0.2, 0.25) is 15.9 Å². The van der Waals surface area contributed by atoms with Crippen molar-refractivity contribution in [3.63, 3.8) is 0 Å². The largest absolute Gasteiger partial charge is 0.302 e. The number of fused-ring (bicyclic) bond motifs is 1. The molecule has 1 aliphatic rings. The molecule has 4 aromatic rings. The summed E-state index contributed by atoms with van der Waals surface area (Å²) in [5.41, 5.74) is 2.48. The molecule has 1 aromatic heterocycles. The van der Waals surface area contributed by atoms with Gasteiger partial charge >= 0.3 is 0 Å². The topological polar surface area (TPSA) is 79.4 Å². The number of sulfonamides is 1. The highest BCUT2D eigenvalue weighted by atomic mass is 32.2. The van der Waals surface area contributed by atoms with Crippen LogP contribution < -0.4 is 5.32 Å². The first-order valence-corrected chi connectivity index (χ1v) is 13.2. The second kappa shape index (κ2) is 9.05. The number of nitrogens with one attached hydrogen (secondary N) is 1. The molecule has 1 saturated heterocycles. The van der Waals surface area contributed by atoms with Gasteiger partial charge in [-0.1, -0.05) is 54.6 Å². The third-order valence-corrected chi connectivity index (χ3v) is 8.50. The van der Waals surface area contributed by atoms with Crippen molar-refractivity contribution in [2.24, 2.45) is 0 Å². The van der Waals surface area contributed by atoms with Crippen molar-refractivity contribution < 1.29 is 13.2 Å². The molecule has 168 valence electrons. The first-order chi connectivity index (χ1) is 16.0. The number of hydrogen-bond donors (Lipinski definition) is 1. The number of hydrogen-bond acceptors (Lipinski definition) is 5. The van der Waals surface area contributed by atoms with Crippen molar-refractivity contribution in [2.45, 2.75) is 24.2 Å². The molecule has 6 nitrogen and oxygen atoms in total. The third kappa shape index (κ3) is 4.55. The van der Waals surface area contributed by atoms with Crippen molar-refractivity contribution in [3.05, 3.63) is 77.7 Å². The maximum absolute atomic E-state index is 12.7. The molecule has 1 N–H and O–H groups in total. The van der Waals surface area contributed by atoms with Crippen LogP contribution in [0, 0.1) is 0 Å². The second-order valence-corrected chi connectivity index (χ2v) is 10.8. The van der Waals surface area contributed by atoms with Crippen LogP contribution in [0.2, 0.25) is 0 Å². The van der Waals surface area contributed by atoms with Crippen LogP contribution in [0.3, 0.4) is 0 Å². The average Bonchev–Trinajstić information content (AvgIpc) is 3.52. The van der Waals surface area contributed by atoms with Gasteiger partial charge in [0.1, 0.15) is 0 Å². The summed E-state index contributed by atoms with van der Waals surface area (Å²) in [6.45, 7) is 1.16. The molecule has 2 heterocycles. The van der Waals surface area contributed by atoms with Gasteiger partial charge in [0, 0.05) is 24.0 Å². The fraction of sp³-hybridized carbons (Fsp3) is 0.200. The summed E-state index contributed by atoms with van der Waals surface area (Å²) in [6.07, 6.45) is 2.08. The molecule has 0 aliphatic carbocycles. The van der Waals surface area contributed by atoms with Gasteiger partial charge in [-0.15, -0.1) is 11.3 Å². The van der Waals surface area contributed by atoms with E-state index in [1.54, 1.807) is 24.3 Å². The zero-order valence-electron chi connectivity index (χ0n) is 17.9. The summed E-state index contributed by atoms with van der Waals surface area (Å²) >= 11 is 1.35. The smallest absolute Gasteiger partial charge is 0.243 e. The Bertz CT molecular complexity index is 1400. The lowest BCUT2D eigenvalue weighted by atomic mass is 10.0. The van der Waals surface area contributed by atoms with E-state index in [0.717, 1.165) is 34.7 Å². The summed E-state index contributed by atoms with van der Waals surface area (Å²) in [4.78, 5) is 17.5. The predicted molar refractivity (Wildman–Crippen MR) is 132 cm³/mol. The molecule has 0 atom stereocenters. The zero-order chi connectivity index (χ0) is 22.8. The summed E-state index contributed by atoms with van der Waals surface area (Å²) in [5, 5.41) is 7.43. The predicted octanol–water partition coefficient (Wildman–Crippen LogP) is 4.93. The number of benzene rings is 3. The number of anilines is 1. The molecule has 0 unspecified atom stereocenters. The number of amides is 1. The molecule has 8 heteroatoms. The van der Waals surface area contributed by atoms with Gasteiger partial charge in [-0.3, -0.25) is 4.79 Å². The maximum Gasteiger partial charge on any atom is 0.243 e. The number of rotatable bonds is 6. The van der Waals surface area contributed by atoms with E-state index < -0.39 is 10.0 Å². The normalized spacial score (nSPS) is 14.5. The van der Waals surface area contributed by atoms with E-state index in [1.165, 1.54) is 15.6 Å². The van der Waals surface area contributed by atoms with Gasteiger partial charge in [-0.2, -0.15) is 4.31 Å². The SMILES string of the molecule is O=C(Cc1cccc2ccccc12)Nc1nc(-c2ccc(S(=O)(=O)N3CCCC3)cc2)cs1. The minimum atomic E-state index is -3.44. The zero-order valence-corrected chi connectivity index (χ0v) is 19.5. The maximum atomic E-state index is 12.7. The number of carbonyl (C=O) groups excluding carboxylic acids is 1. The van der Waals surface area contributed by atoms with Crippen LogP contribution in [-0.4, -0.2) is 36.7 Å². The summed E-state index contributed by atoms with van der Waals surface area (Å²) in [6, 6.07) is 20.7. The van der Waals surface area contributed by atoms with Gasteiger partial charge in [-0.25, -0.2) is 13.4 Å². The first-order valence-electron chi connectivity index (χ1n) is 10.8. The van der Waals surface area contributed by atoms with E-state index >= 15 is 0 Å². The Hall–Kier alpha value is -3.07. The summed E-state index contributed by atoms with van der Waals surface area (Å²) in [5.74, 6) is -0.126. The highest BCUT2D eigenvalue weighted by Gasteiger charge is 2.27. The second-order valence-electron chi connectivity index (χ2n) is 8.04. The van der Waals surface area contributed by atoms with Gasteiger partial charge in [0.25, 0.3) is 0 Å². The monoisotopic (exact) mass is 477 g/mol. The molecule has 0 saturated carbocycles. The van der Waals surface area contributed by atoms with Gasteiger partial charge in [0.05, 0.1) is 17.0 Å². The van der Waals surface area contributed by atoms with E-state index in [0.29, 0.717) is 28.8 Å². The standard InChI is InChI=1S/C25H23N3O3S2/c29-24(16-20-8-5-7-18-6-1-2-9-22(18)20)27-25-26-23(17-32-25)19-10-12-21(13-11-19)33(30,31)28-14-3-4-15-28/h1-2,5-13,17H,3-4,14-16H2,(H,26,27,29). The summed E-state index contributed by atoms with van der Waals surface area (Å²) in [7, 11) is -3.44. The molecule has 3 aromatic carbocycles.